The summed E-state index contributed by atoms with van der Waals surface area (Å²) in [5.74, 6) is 2.45. The van der Waals surface area contributed by atoms with Gasteiger partial charge >= 0.3 is 0 Å². The van der Waals surface area contributed by atoms with E-state index in [0.29, 0.717) is 6.54 Å². The number of nitrogens with one attached hydrogen (secondary N) is 1. The Bertz CT molecular complexity index is 810. The number of methoxy groups -OCH3 is 1. The number of hydrogen-bond acceptors (Lipinski definition) is 6. The maximum Gasteiger partial charge on any atom is 0.232 e. The van der Waals surface area contributed by atoms with Gasteiger partial charge in [0.1, 0.15) is 23.7 Å². The molecule has 7 nitrogen and oxygen atoms in total. The molecule has 0 saturated carbocycles. The number of aromatic nitrogens is 2. The summed E-state index contributed by atoms with van der Waals surface area (Å²) >= 11 is 0. The Kier molecular flexibility index (Phi) is 5.48. The number of ether oxygens (including phenoxy) is 1. The number of carbonyl (C=O) groups is 1. The Labute approximate surface area is 160 Å². The Morgan fingerprint density at radius 1 is 1.30 bits per heavy atom. The summed E-state index contributed by atoms with van der Waals surface area (Å²) in [6.07, 6.45) is 3.35. The molecular weight excluding hydrogens is 342 g/mol. The lowest BCUT2D eigenvalue weighted by Crippen LogP contribution is -2.48. The highest BCUT2D eigenvalue weighted by molar-refractivity contribution is 5.95. The topological polar surface area (TPSA) is 70.6 Å². The molecular formula is C20H27N5O2. The van der Waals surface area contributed by atoms with Crippen LogP contribution in [0.1, 0.15) is 19.8 Å². The molecule has 1 aliphatic rings. The normalized spacial score (nSPS) is 19.5. The molecule has 0 unspecified atom stereocenters. The number of amides is 1. The zero-order valence-corrected chi connectivity index (χ0v) is 16.4. The minimum atomic E-state index is -0.495. The summed E-state index contributed by atoms with van der Waals surface area (Å²) in [6.45, 7) is 3.52. The molecule has 1 aliphatic heterocycles. The van der Waals surface area contributed by atoms with E-state index in [1.54, 1.807) is 13.4 Å². The monoisotopic (exact) mass is 369 g/mol. The van der Waals surface area contributed by atoms with Gasteiger partial charge in [-0.1, -0.05) is 6.07 Å². The molecule has 2 aromatic rings. The van der Waals surface area contributed by atoms with Gasteiger partial charge < -0.3 is 19.9 Å². The SMILES string of the molecule is COc1cccc(NC(=O)[C@]2(C)CCCN(c3cc(N(C)C)ncn3)C2)c1. The Hall–Kier alpha value is -2.83. The summed E-state index contributed by atoms with van der Waals surface area (Å²) < 4.78 is 5.23. The van der Waals surface area contributed by atoms with Crippen LogP contribution in [0.2, 0.25) is 0 Å². The van der Waals surface area contributed by atoms with Crippen LogP contribution < -0.4 is 19.9 Å². The van der Waals surface area contributed by atoms with Crippen molar-refractivity contribution in [3.05, 3.63) is 36.7 Å². The zero-order chi connectivity index (χ0) is 19.4. The molecule has 0 bridgehead atoms. The molecule has 27 heavy (non-hydrogen) atoms. The maximum absolute atomic E-state index is 13.0. The molecule has 7 heteroatoms. The van der Waals surface area contributed by atoms with E-state index >= 15 is 0 Å². The average Bonchev–Trinajstić information content (AvgIpc) is 2.68. The van der Waals surface area contributed by atoms with Crippen molar-refractivity contribution in [2.45, 2.75) is 19.8 Å². The molecule has 3 rings (SSSR count). The van der Waals surface area contributed by atoms with E-state index in [1.807, 2.05) is 56.3 Å². The van der Waals surface area contributed by atoms with Gasteiger partial charge in [0, 0.05) is 45.0 Å². The van der Waals surface area contributed by atoms with Crippen LogP contribution in [0.15, 0.2) is 36.7 Å². The van der Waals surface area contributed by atoms with E-state index in [-0.39, 0.29) is 5.91 Å². The van der Waals surface area contributed by atoms with Crippen molar-refractivity contribution in [3.8, 4) is 5.75 Å². The molecule has 1 aromatic heterocycles. The largest absolute Gasteiger partial charge is 0.497 e. The fourth-order valence-electron chi connectivity index (χ4n) is 3.36. The minimum Gasteiger partial charge on any atom is -0.497 e. The molecule has 1 saturated heterocycles. The predicted molar refractivity (Wildman–Crippen MR) is 108 cm³/mol. The number of carbonyl (C=O) groups excluding carboxylic acids is 1. The first-order valence-electron chi connectivity index (χ1n) is 9.11. The van der Waals surface area contributed by atoms with Gasteiger partial charge in [0.25, 0.3) is 0 Å². The second kappa shape index (κ2) is 7.82. The number of benzene rings is 1. The van der Waals surface area contributed by atoms with Crippen molar-refractivity contribution in [2.75, 3.05) is 49.4 Å². The van der Waals surface area contributed by atoms with Crippen LogP contribution in [0, 0.1) is 5.41 Å². The highest BCUT2D eigenvalue weighted by Gasteiger charge is 2.38. The van der Waals surface area contributed by atoms with Crippen molar-refractivity contribution in [2.24, 2.45) is 5.41 Å². The Balaban J connectivity index is 1.75. The van der Waals surface area contributed by atoms with Crippen LogP contribution in [0.3, 0.4) is 0 Å². The number of anilines is 3. The molecule has 144 valence electrons. The molecule has 0 radical (unpaired) electrons. The fourth-order valence-corrected chi connectivity index (χ4v) is 3.36. The number of piperidine rings is 1. The number of nitrogens with zero attached hydrogens (tertiary/aromatic N) is 4. The molecule has 1 amide bonds. The van der Waals surface area contributed by atoms with Gasteiger partial charge in [-0.2, -0.15) is 0 Å². The summed E-state index contributed by atoms with van der Waals surface area (Å²) in [6, 6.07) is 9.39. The number of rotatable bonds is 5. The van der Waals surface area contributed by atoms with E-state index in [9.17, 15) is 4.79 Å². The van der Waals surface area contributed by atoms with Gasteiger partial charge in [-0.15, -0.1) is 0 Å². The van der Waals surface area contributed by atoms with Crippen LogP contribution >= 0.6 is 0 Å². The van der Waals surface area contributed by atoms with Crippen molar-refractivity contribution < 1.29 is 9.53 Å². The van der Waals surface area contributed by atoms with Crippen LogP contribution in [-0.2, 0) is 4.79 Å². The van der Waals surface area contributed by atoms with E-state index in [2.05, 4.69) is 20.2 Å². The van der Waals surface area contributed by atoms with Gasteiger partial charge in [0.2, 0.25) is 5.91 Å². The van der Waals surface area contributed by atoms with Gasteiger partial charge in [0.15, 0.2) is 0 Å². The van der Waals surface area contributed by atoms with E-state index in [1.165, 1.54) is 0 Å². The quantitative estimate of drug-likeness (QED) is 0.874. The van der Waals surface area contributed by atoms with Crippen LogP contribution in [-0.4, -0.2) is 50.2 Å². The highest BCUT2D eigenvalue weighted by Crippen LogP contribution is 2.33. The highest BCUT2D eigenvalue weighted by atomic mass is 16.5. The lowest BCUT2D eigenvalue weighted by molar-refractivity contribution is -0.125. The first kappa shape index (κ1) is 18.9. The van der Waals surface area contributed by atoms with Gasteiger partial charge in [-0.05, 0) is 31.9 Å². The average molecular weight is 369 g/mol. The first-order chi connectivity index (χ1) is 12.9. The van der Waals surface area contributed by atoms with Gasteiger partial charge in [-0.25, -0.2) is 9.97 Å². The van der Waals surface area contributed by atoms with Gasteiger partial charge in [0.05, 0.1) is 12.5 Å². The van der Waals surface area contributed by atoms with Crippen LogP contribution in [0.25, 0.3) is 0 Å². The molecule has 2 heterocycles. The Morgan fingerprint density at radius 3 is 2.85 bits per heavy atom. The zero-order valence-electron chi connectivity index (χ0n) is 16.4. The summed E-state index contributed by atoms with van der Waals surface area (Å²) in [7, 11) is 5.52. The molecule has 1 fully saturated rings. The second-order valence-electron chi connectivity index (χ2n) is 7.40. The third-order valence-electron chi connectivity index (χ3n) is 4.99. The van der Waals surface area contributed by atoms with E-state index in [4.69, 9.17) is 4.74 Å². The van der Waals surface area contributed by atoms with Crippen LogP contribution in [0.5, 0.6) is 5.75 Å². The third-order valence-corrected chi connectivity index (χ3v) is 4.99. The summed E-state index contributed by atoms with van der Waals surface area (Å²) in [5, 5.41) is 3.04. The summed E-state index contributed by atoms with van der Waals surface area (Å²) in [5.41, 5.74) is 0.250. The lowest BCUT2D eigenvalue weighted by Gasteiger charge is -2.40. The first-order valence-corrected chi connectivity index (χ1v) is 9.11. The predicted octanol–water partition coefficient (Wildman–Crippen LogP) is 2.80. The third kappa shape index (κ3) is 4.30. The molecule has 0 aliphatic carbocycles. The Morgan fingerprint density at radius 2 is 2.11 bits per heavy atom. The molecule has 1 atom stereocenters. The maximum atomic E-state index is 13.0. The van der Waals surface area contributed by atoms with Crippen molar-refractivity contribution >= 4 is 23.2 Å². The second-order valence-corrected chi connectivity index (χ2v) is 7.40. The fraction of sp³-hybridized carbons (Fsp3) is 0.450. The standard InChI is InChI=1S/C20H27N5O2/c1-20(19(26)23-15-7-5-8-16(11-15)27-4)9-6-10-25(13-20)18-12-17(24(2)3)21-14-22-18/h5,7-8,11-12,14H,6,9-10,13H2,1-4H3,(H,23,26)/t20-/m1/s1. The van der Waals surface area contributed by atoms with Crippen molar-refractivity contribution in [1.82, 2.24) is 9.97 Å². The van der Waals surface area contributed by atoms with Gasteiger partial charge in [-0.3, -0.25) is 4.79 Å². The summed E-state index contributed by atoms with van der Waals surface area (Å²) in [4.78, 5) is 25.8. The van der Waals surface area contributed by atoms with E-state index in [0.717, 1.165) is 42.5 Å². The van der Waals surface area contributed by atoms with Crippen molar-refractivity contribution in [1.29, 1.82) is 0 Å². The number of hydrogen-bond donors (Lipinski definition) is 1. The van der Waals surface area contributed by atoms with Crippen LogP contribution in [0.4, 0.5) is 17.3 Å². The van der Waals surface area contributed by atoms with Crippen molar-refractivity contribution in [3.63, 3.8) is 0 Å². The van der Waals surface area contributed by atoms with E-state index < -0.39 is 5.41 Å². The minimum absolute atomic E-state index is 0.0161. The molecule has 1 aromatic carbocycles. The lowest BCUT2D eigenvalue weighted by atomic mass is 9.81. The smallest absolute Gasteiger partial charge is 0.232 e. The molecule has 0 spiro atoms. The molecule has 1 N–H and O–H groups in total.